The van der Waals surface area contributed by atoms with E-state index in [0.717, 1.165) is 42.0 Å². The van der Waals surface area contributed by atoms with Crippen LogP contribution in [0.4, 0.5) is 0 Å². The van der Waals surface area contributed by atoms with Crippen LogP contribution in [0.1, 0.15) is 38.2 Å². The molecule has 4 heteroatoms. The lowest BCUT2D eigenvalue weighted by molar-refractivity contribution is -0.137. The number of hydrogen-bond acceptors (Lipinski definition) is 4. The molecule has 0 aliphatic carbocycles. The Morgan fingerprint density at radius 3 is 2.28 bits per heavy atom. The molecule has 29 heavy (non-hydrogen) atoms. The number of hydrogen-bond donors (Lipinski definition) is 0. The van der Waals surface area contributed by atoms with E-state index in [0.29, 0.717) is 6.61 Å². The normalized spacial score (nSPS) is 14.8. The van der Waals surface area contributed by atoms with Crippen molar-refractivity contribution in [3.8, 4) is 16.9 Å². The summed E-state index contributed by atoms with van der Waals surface area (Å²) in [6.07, 6.45) is 8.35. The minimum atomic E-state index is -0.317. The van der Waals surface area contributed by atoms with Crippen molar-refractivity contribution in [2.24, 2.45) is 0 Å². The average molecular weight is 394 g/mol. The van der Waals surface area contributed by atoms with Crippen LogP contribution in [0.25, 0.3) is 17.2 Å². The molecule has 0 bridgehead atoms. The van der Waals surface area contributed by atoms with Gasteiger partial charge in [0.2, 0.25) is 0 Å². The van der Waals surface area contributed by atoms with Crippen molar-refractivity contribution < 1.29 is 14.3 Å². The Balaban J connectivity index is 1.46. The van der Waals surface area contributed by atoms with Gasteiger partial charge in [0.1, 0.15) is 5.75 Å². The monoisotopic (exact) mass is 393 g/mol. The molecule has 2 aromatic carbocycles. The minimum absolute atomic E-state index is 0.317. The van der Waals surface area contributed by atoms with Gasteiger partial charge >= 0.3 is 5.97 Å². The first-order valence-electron chi connectivity index (χ1n) is 10.6. The van der Waals surface area contributed by atoms with Crippen LogP contribution < -0.4 is 4.74 Å². The summed E-state index contributed by atoms with van der Waals surface area (Å²) in [5.41, 5.74) is 3.25. The molecule has 1 fully saturated rings. The van der Waals surface area contributed by atoms with Crippen molar-refractivity contribution in [3.63, 3.8) is 0 Å². The molecule has 0 spiro atoms. The zero-order valence-corrected chi connectivity index (χ0v) is 17.3. The number of ether oxygens (including phenoxy) is 2. The van der Waals surface area contributed by atoms with Crippen LogP contribution in [0.5, 0.6) is 5.75 Å². The number of benzene rings is 2. The van der Waals surface area contributed by atoms with E-state index >= 15 is 0 Å². The molecule has 3 rings (SSSR count). The van der Waals surface area contributed by atoms with Crippen molar-refractivity contribution in [1.29, 1.82) is 0 Å². The van der Waals surface area contributed by atoms with E-state index in [4.69, 9.17) is 9.47 Å². The topological polar surface area (TPSA) is 38.8 Å². The number of nitrogens with zero attached hydrogens (tertiary/aromatic N) is 1. The van der Waals surface area contributed by atoms with Crippen molar-refractivity contribution >= 4 is 12.0 Å². The fourth-order valence-corrected chi connectivity index (χ4v) is 3.55. The molecule has 1 saturated heterocycles. The standard InChI is InChI=1S/C25H31NO3/c1-2-28-25(27)16-9-21-7-10-22(11-8-21)23-12-14-24(15-13-23)29-20-6-19-26-17-4-3-5-18-26/h7-16H,2-6,17-20H2,1H3. The summed E-state index contributed by atoms with van der Waals surface area (Å²) in [6.45, 7) is 6.57. The number of rotatable bonds is 9. The van der Waals surface area contributed by atoms with Gasteiger partial charge in [-0.05, 0) is 74.2 Å². The van der Waals surface area contributed by atoms with Crippen molar-refractivity contribution in [2.75, 3.05) is 32.8 Å². The van der Waals surface area contributed by atoms with E-state index in [1.165, 1.54) is 38.4 Å². The summed E-state index contributed by atoms with van der Waals surface area (Å²) in [4.78, 5) is 13.9. The van der Waals surface area contributed by atoms with Crippen LogP contribution in [-0.2, 0) is 9.53 Å². The second-order valence-electron chi connectivity index (χ2n) is 7.34. The highest BCUT2D eigenvalue weighted by Crippen LogP contribution is 2.23. The Hall–Kier alpha value is -2.59. The van der Waals surface area contributed by atoms with E-state index in [1.807, 2.05) is 24.3 Å². The van der Waals surface area contributed by atoms with Crippen LogP contribution in [0, 0.1) is 0 Å². The second-order valence-corrected chi connectivity index (χ2v) is 7.34. The summed E-state index contributed by atoms with van der Waals surface area (Å²) >= 11 is 0. The minimum Gasteiger partial charge on any atom is -0.494 e. The molecule has 0 radical (unpaired) electrons. The number of piperidine rings is 1. The largest absolute Gasteiger partial charge is 0.494 e. The Morgan fingerprint density at radius 1 is 0.966 bits per heavy atom. The molecule has 1 aliphatic rings. The van der Waals surface area contributed by atoms with E-state index in [1.54, 1.807) is 13.0 Å². The number of likely N-dealkylation sites (tertiary alicyclic amines) is 1. The predicted molar refractivity (Wildman–Crippen MR) is 118 cm³/mol. The number of carbonyl (C=O) groups is 1. The Bertz CT molecular complexity index is 775. The lowest BCUT2D eigenvalue weighted by atomic mass is 10.0. The molecular formula is C25H31NO3. The fraction of sp³-hybridized carbons (Fsp3) is 0.400. The summed E-state index contributed by atoms with van der Waals surface area (Å²) < 4.78 is 10.8. The molecular weight excluding hydrogens is 362 g/mol. The molecule has 2 aromatic rings. The summed E-state index contributed by atoms with van der Waals surface area (Å²) in [5, 5.41) is 0. The van der Waals surface area contributed by atoms with Gasteiger partial charge < -0.3 is 14.4 Å². The van der Waals surface area contributed by atoms with Gasteiger partial charge in [0.25, 0.3) is 0 Å². The summed E-state index contributed by atoms with van der Waals surface area (Å²) in [6, 6.07) is 16.3. The summed E-state index contributed by atoms with van der Waals surface area (Å²) in [5.74, 6) is 0.601. The molecule has 0 amide bonds. The van der Waals surface area contributed by atoms with Gasteiger partial charge in [-0.25, -0.2) is 4.79 Å². The Morgan fingerprint density at radius 2 is 1.62 bits per heavy atom. The molecule has 0 atom stereocenters. The molecule has 1 heterocycles. The van der Waals surface area contributed by atoms with E-state index in [9.17, 15) is 4.79 Å². The smallest absolute Gasteiger partial charge is 0.330 e. The predicted octanol–water partition coefficient (Wildman–Crippen LogP) is 5.18. The molecule has 4 nitrogen and oxygen atoms in total. The fourth-order valence-electron chi connectivity index (χ4n) is 3.55. The van der Waals surface area contributed by atoms with Crippen molar-refractivity contribution in [2.45, 2.75) is 32.6 Å². The average Bonchev–Trinajstić information content (AvgIpc) is 2.77. The third-order valence-corrected chi connectivity index (χ3v) is 5.13. The van der Waals surface area contributed by atoms with Gasteiger partial charge in [0.05, 0.1) is 13.2 Å². The molecule has 0 unspecified atom stereocenters. The van der Waals surface area contributed by atoms with Crippen LogP contribution in [0.2, 0.25) is 0 Å². The first-order chi connectivity index (χ1) is 14.2. The highest BCUT2D eigenvalue weighted by Gasteiger charge is 2.09. The SMILES string of the molecule is CCOC(=O)C=Cc1ccc(-c2ccc(OCCCN3CCCCC3)cc2)cc1. The maximum Gasteiger partial charge on any atom is 0.330 e. The van der Waals surface area contributed by atoms with Gasteiger partial charge in [-0.1, -0.05) is 42.8 Å². The Labute approximate surface area is 174 Å². The number of esters is 1. The first-order valence-corrected chi connectivity index (χ1v) is 10.6. The Kier molecular flexibility index (Phi) is 8.32. The molecule has 0 N–H and O–H groups in total. The highest BCUT2D eigenvalue weighted by atomic mass is 16.5. The van der Waals surface area contributed by atoms with Crippen molar-refractivity contribution in [3.05, 3.63) is 60.2 Å². The lowest BCUT2D eigenvalue weighted by Crippen LogP contribution is -2.31. The van der Waals surface area contributed by atoms with Crippen molar-refractivity contribution in [1.82, 2.24) is 4.90 Å². The maximum atomic E-state index is 11.4. The van der Waals surface area contributed by atoms with Crippen LogP contribution in [-0.4, -0.2) is 43.7 Å². The molecule has 1 aliphatic heterocycles. The van der Waals surface area contributed by atoms with Gasteiger partial charge in [0, 0.05) is 12.6 Å². The second kappa shape index (κ2) is 11.4. The molecule has 0 aromatic heterocycles. The molecule has 0 saturated carbocycles. The van der Waals surface area contributed by atoms with E-state index < -0.39 is 0 Å². The van der Waals surface area contributed by atoms with Gasteiger partial charge in [-0.2, -0.15) is 0 Å². The maximum absolute atomic E-state index is 11.4. The summed E-state index contributed by atoms with van der Waals surface area (Å²) in [7, 11) is 0. The van der Waals surface area contributed by atoms with Crippen LogP contribution in [0.3, 0.4) is 0 Å². The highest BCUT2D eigenvalue weighted by molar-refractivity contribution is 5.87. The number of carbonyl (C=O) groups excluding carboxylic acids is 1. The van der Waals surface area contributed by atoms with Crippen LogP contribution in [0.15, 0.2) is 54.6 Å². The third-order valence-electron chi connectivity index (χ3n) is 5.13. The van der Waals surface area contributed by atoms with E-state index in [2.05, 4.69) is 29.2 Å². The first kappa shape index (κ1) is 21.1. The zero-order valence-electron chi connectivity index (χ0n) is 17.3. The van der Waals surface area contributed by atoms with Gasteiger partial charge in [0.15, 0.2) is 0 Å². The van der Waals surface area contributed by atoms with Gasteiger partial charge in [-0.3, -0.25) is 0 Å². The lowest BCUT2D eigenvalue weighted by Gasteiger charge is -2.26. The van der Waals surface area contributed by atoms with E-state index in [-0.39, 0.29) is 5.97 Å². The van der Waals surface area contributed by atoms with Crippen LogP contribution >= 0.6 is 0 Å². The third kappa shape index (κ3) is 7.06. The molecule has 154 valence electrons. The quantitative estimate of drug-likeness (QED) is 0.334. The zero-order chi connectivity index (χ0) is 20.3. The van der Waals surface area contributed by atoms with Gasteiger partial charge in [-0.15, -0.1) is 0 Å².